The van der Waals surface area contributed by atoms with Gasteiger partial charge in [-0.15, -0.1) is 0 Å². The smallest absolute Gasteiger partial charge is 0.220 e. The minimum Gasteiger partial charge on any atom is -0.396 e. The Kier molecular flexibility index (Phi) is 5.70. The Bertz CT molecular complexity index is 472. The molecule has 0 radical (unpaired) electrons. The summed E-state index contributed by atoms with van der Waals surface area (Å²) >= 11 is 0. The second-order valence-corrected chi connectivity index (χ2v) is 5.68. The second kappa shape index (κ2) is 7.52. The zero-order valence-electron chi connectivity index (χ0n) is 12.1. The fourth-order valence-electron chi connectivity index (χ4n) is 2.52. The molecule has 21 heavy (non-hydrogen) atoms. The van der Waals surface area contributed by atoms with Gasteiger partial charge in [-0.3, -0.25) is 4.79 Å². The molecule has 0 aromatic heterocycles. The molecule has 2 rings (SSSR count). The van der Waals surface area contributed by atoms with E-state index in [9.17, 15) is 14.3 Å². The van der Waals surface area contributed by atoms with Crippen LogP contribution in [0.4, 0.5) is 4.39 Å². The van der Waals surface area contributed by atoms with E-state index in [0.717, 1.165) is 18.4 Å². The monoisotopic (exact) mass is 295 g/mol. The first-order valence-corrected chi connectivity index (χ1v) is 7.33. The Hall–Kier alpha value is -1.46. The molecular weight excluding hydrogens is 273 g/mol. The first-order valence-electron chi connectivity index (χ1n) is 7.33. The van der Waals surface area contributed by atoms with Crippen LogP contribution in [-0.2, 0) is 16.0 Å². The van der Waals surface area contributed by atoms with Crippen molar-refractivity contribution in [3.05, 3.63) is 35.6 Å². The lowest BCUT2D eigenvalue weighted by Gasteiger charge is -2.35. The Labute approximate surface area is 124 Å². The highest BCUT2D eigenvalue weighted by Crippen LogP contribution is 2.28. The summed E-state index contributed by atoms with van der Waals surface area (Å²) in [5.74, 6) is -0.354. The standard InChI is InChI=1S/C16H22FNO3/c17-14-3-1-2-13(10-14)4-5-15(20)18-11-16(12-19)6-8-21-9-7-16/h1-3,10,19H,4-9,11-12H2,(H,18,20). The van der Waals surface area contributed by atoms with Gasteiger partial charge in [0.05, 0.1) is 6.61 Å². The molecule has 1 saturated heterocycles. The minimum atomic E-state index is -0.283. The fourth-order valence-corrected chi connectivity index (χ4v) is 2.52. The van der Waals surface area contributed by atoms with Gasteiger partial charge in [0.15, 0.2) is 0 Å². The normalized spacial score (nSPS) is 17.4. The van der Waals surface area contributed by atoms with Crippen LogP contribution in [0.5, 0.6) is 0 Å². The third kappa shape index (κ3) is 4.79. The number of aliphatic hydroxyl groups excluding tert-OH is 1. The zero-order valence-corrected chi connectivity index (χ0v) is 12.1. The van der Waals surface area contributed by atoms with E-state index < -0.39 is 0 Å². The van der Waals surface area contributed by atoms with Gasteiger partial charge in [-0.25, -0.2) is 4.39 Å². The molecule has 1 aromatic rings. The van der Waals surface area contributed by atoms with Gasteiger partial charge in [-0.1, -0.05) is 12.1 Å². The summed E-state index contributed by atoms with van der Waals surface area (Å²) in [6.07, 6.45) is 2.35. The Morgan fingerprint density at radius 2 is 2.14 bits per heavy atom. The van der Waals surface area contributed by atoms with Gasteiger partial charge in [0, 0.05) is 31.6 Å². The van der Waals surface area contributed by atoms with E-state index in [1.165, 1.54) is 12.1 Å². The summed E-state index contributed by atoms with van der Waals surface area (Å²) in [5.41, 5.74) is 0.556. The van der Waals surface area contributed by atoms with E-state index in [1.807, 2.05) is 6.07 Å². The minimum absolute atomic E-state index is 0.0561. The predicted octanol–water partition coefficient (Wildman–Crippen LogP) is 1.66. The maximum Gasteiger partial charge on any atom is 0.220 e. The van der Waals surface area contributed by atoms with Crippen molar-refractivity contribution in [1.29, 1.82) is 0 Å². The molecule has 0 atom stereocenters. The lowest BCUT2D eigenvalue weighted by atomic mass is 9.81. The number of amides is 1. The lowest BCUT2D eigenvalue weighted by Crippen LogP contribution is -2.43. The zero-order chi connectivity index (χ0) is 15.1. The highest BCUT2D eigenvalue weighted by molar-refractivity contribution is 5.76. The first kappa shape index (κ1) is 15.9. The number of carbonyl (C=O) groups is 1. The molecule has 1 amide bonds. The molecule has 0 unspecified atom stereocenters. The molecule has 0 bridgehead atoms. The van der Waals surface area contributed by atoms with E-state index >= 15 is 0 Å². The fraction of sp³-hybridized carbons (Fsp3) is 0.562. The van der Waals surface area contributed by atoms with Gasteiger partial charge in [-0.2, -0.15) is 0 Å². The van der Waals surface area contributed by atoms with Crippen LogP contribution in [0, 0.1) is 11.2 Å². The van der Waals surface area contributed by atoms with Crippen LogP contribution >= 0.6 is 0 Å². The highest BCUT2D eigenvalue weighted by atomic mass is 19.1. The second-order valence-electron chi connectivity index (χ2n) is 5.68. The van der Waals surface area contributed by atoms with Gasteiger partial charge in [0.25, 0.3) is 0 Å². The average molecular weight is 295 g/mol. The lowest BCUT2D eigenvalue weighted by molar-refractivity contribution is -0.122. The number of aryl methyl sites for hydroxylation is 1. The predicted molar refractivity (Wildman–Crippen MR) is 77.3 cm³/mol. The number of nitrogens with one attached hydrogen (secondary N) is 1. The van der Waals surface area contributed by atoms with E-state index in [4.69, 9.17) is 4.74 Å². The molecule has 2 N–H and O–H groups in total. The maximum atomic E-state index is 13.0. The van der Waals surface area contributed by atoms with E-state index in [-0.39, 0.29) is 23.7 Å². The van der Waals surface area contributed by atoms with Crippen molar-refractivity contribution in [3.63, 3.8) is 0 Å². The summed E-state index contributed by atoms with van der Waals surface area (Å²) in [5, 5.41) is 12.4. The summed E-state index contributed by atoms with van der Waals surface area (Å²) in [6.45, 7) is 1.77. The van der Waals surface area contributed by atoms with Crippen LogP contribution in [0.2, 0.25) is 0 Å². The van der Waals surface area contributed by atoms with Crippen molar-refractivity contribution in [1.82, 2.24) is 5.32 Å². The third-order valence-corrected chi connectivity index (χ3v) is 4.08. The number of carbonyl (C=O) groups excluding carboxylic acids is 1. The molecule has 0 aliphatic carbocycles. The van der Waals surface area contributed by atoms with Gasteiger partial charge in [-0.05, 0) is 37.0 Å². The van der Waals surface area contributed by atoms with Crippen LogP contribution in [0.1, 0.15) is 24.8 Å². The van der Waals surface area contributed by atoms with Crippen LogP contribution in [0.25, 0.3) is 0 Å². The summed E-state index contributed by atoms with van der Waals surface area (Å²) in [7, 11) is 0. The Morgan fingerprint density at radius 1 is 1.38 bits per heavy atom. The Morgan fingerprint density at radius 3 is 2.81 bits per heavy atom. The third-order valence-electron chi connectivity index (χ3n) is 4.08. The molecular formula is C16H22FNO3. The molecule has 5 heteroatoms. The molecule has 1 fully saturated rings. The summed E-state index contributed by atoms with van der Waals surface area (Å²) in [4.78, 5) is 11.9. The largest absolute Gasteiger partial charge is 0.396 e. The van der Waals surface area contributed by atoms with Crippen molar-refractivity contribution in [2.45, 2.75) is 25.7 Å². The first-order chi connectivity index (χ1) is 10.1. The molecule has 0 saturated carbocycles. The SMILES string of the molecule is O=C(CCc1cccc(F)c1)NCC1(CO)CCOCC1. The average Bonchev–Trinajstić information content (AvgIpc) is 2.52. The van der Waals surface area contributed by atoms with E-state index in [2.05, 4.69) is 5.32 Å². The highest BCUT2D eigenvalue weighted by Gasteiger charge is 2.32. The van der Waals surface area contributed by atoms with Crippen molar-refractivity contribution in [2.75, 3.05) is 26.4 Å². The summed E-state index contributed by atoms with van der Waals surface area (Å²) in [6, 6.07) is 6.29. The summed E-state index contributed by atoms with van der Waals surface area (Å²) < 4.78 is 18.3. The van der Waals surface area contributed by atoms with Crippen LogP contribution in [0.15, 0.2) is 24.3 Å². The molecule has 0 spiro atoms. The Balaban J connectivity index is 1.76. The van der Waals surface area contributed by atoms with Gasteiger partial charge >= 0.3 is 0 Å². The number of halogens is 1. The maximum absolute atomic E-state index is 13.0. The molecule has 116 valence electrons. The van der Waals surface area contributed by atoms with Crippen molar-refractivity contribution in [3.8, 4) is 0 Å². The van der Waals surface area contributed by atoms with Crippen molar-refractivity contribution in [2.24, 2.45) is 5.41 Å². The number of hydrogen-bond acceptors (Lipinski definition) is 3. The van der Waals surface area contributed by atoms with Gasteiger partial charge in [0.2, 0.25) is 5.91 Å². The number of aliphatic hydroxyl groups is 1. The number of benzene rings is 1. The molecule has 1 aliphatic heterocycles. The van der Waals surface area contributed by atoms with E-state index in [1.54, 1.807) is 6.07 Å². The van der Waals surface area contributed by atoms with Crippen molar-refractivity contribution < 1.29 is 19.0 Å². The number of rotatable bonds is 6. The quantitative estimate of drug-likeness (QED) is 0.839. The number of hydrogen-bond donors (Lipinski definition) is 2. The van der Waals surface area contributed by atoms with Crippen LogP contribution < -0.4 is 5.32 Å². The molecule has 1 heterocycles. The van der Waals surface area contributed by atoms with Gasteiger partial charge < -0.3 is 15.2 Å². The topological polar surface area (TPSA) is 58.6 Å². The van der Waals surface area contributed by atoms with Crippen molar-refractivity contribution >= 4 is 5.91 Å². The van der Waals surface area contributed by atoms with Crippen LogP contribution in [0.3, 0.4) is 0 Å². The van der Waals surface area contributed by atoms with Gasteiger partial charge in [0.1, 0.15) is 5.82 Å². The van der Waals surface area contributed by atoms with E-state index in [0.29, 0.717) is 32.6 Å². The molecule has 1 aliphatic rings. The van der Waals surface area contributed by atoms with Crippen LogP contribution in [-0.4, -0.2) is 37.4 Å². The molecule has 4 nitrogen and oxygen atoms in total. The number of ether oxygens (including phenoxy) is 1. The molecule has 1 aromatic carbocycles.